The number of nitrogens with one attached hydrogen (secondary N) is 3. The molecule has 3 N–H and O–H groups in total. The van der Waals surface area contributed by atoms with Gasteiger partial charge < -0.3 is 25.0 Å². The van der Waals surface area contributed by atoms with Gasteiger partial charge in [-0.05, 0) is 49.4 Å². The Morgan fingerprint density at radius 1 is 1.12 bits per heavy atom. The first-order valence-corrected chi connectivity index (χ1v) is 12.1. The Labute approximate surface area is 189 Å². The molecule has 3 rings (SSSR count). The summed E-state index contributed by atoms with van der Waals surface area (Å²) in [5, 5.41) is 6.11. The lowest BCUT2D eigenvalue weighted by Gasteiger charge is -2.31. The number of sulfonamides is 1. The number of piperazine rings is 1. The molecule has 10 heteroatoms. The van der Waals surface area contributed by atoms with Crippen molar-refractivity contribution in [2.24, 2.45) is 0 Å². The third-order valence-electron chi connectivity index (χ3n) is 4.99. The Morgan fingerprint density at radius 2 is 1.84 bits per heavy atom. The molecule has 0 saturated carbocycles. The van der Waals surface area contributed by atoms with Crippen molar-refractivity contribution in [1.29, 1.82) is 0 Å². The van der Waals surface area contributed by atoms with E-state index in [2.05, 4.69) is 20.3 Å². The van der Waals surface area contributed by atoms with Gasteiger partial charge in [-0.25, -0.2) is 8.42 Å². The summed E-state index contributed by atoms with van der Waals surface area (Å²) >= 11 is 0. The quantitative estimate of drug-likeness (QED) is 0.461. The molecule has 2 aromatic carbocycles. The third-order valence-corrected chi connectivity index (χ3v) is 6.39. The molecule has 1 aliphatic heterocycles. The van der Waals surface area contributed by atoms with Crippen molar-refractivity contribution < 1.29 is 22.7 Å². The van der Waals surface area contributed by atoms with Crippen molar-refractivity contribution in [2.75, 3.05) is 62.7 Å². The highest BCUT2D eigenvalue weighted by atomic mass is 32.2. The molecule has 32 heavy (non-hydrogen) atoms. The van der Waals surface area contributed by atoms with Gasteiger partial charge in [0.1, 0.15) is 5.75 Å². The Morgan fingerprint density at radius 3 is 2.50 bits per heavy atom. The minimum atomic E-state index is -3.83. The van der Waals surface area contributed by atoms with Crippen LogP contribution in [0.4, 0.5) is 11.4 Å². The van der Waals surface area contributed by atoms with Gasteiger partial charge in [0.25, 0.3) is 15.9 Å². The number of amides is 1. The fourth-order valence-electron chi connectivity index (χ4n) is 3.42. The second-order valence-electron chi connectivity index (χ2n) is 7.23. The first-order chi connectivity index (χ1) is 15.4. The van der Waals surface area contributed by atoms with E-state index in [4.69, 9.17) is 9.47 Å². The number of nitrogens with zero attached hydrogens (tertiary/aromatic N) is 1. The van der Waals surface area contributed by atoms with Crippen molar-refractivity contribution in [2.45, 2.75) is 11.8 Å². The van der Waals surface area contributed by atoms with E-state index in [1.807, 2.05) is 6.92 Å². The number of carbonyl (C=O) groups is 1. The lowest BCUT2D eigenvalue weighted by atomic mass is 10.1. The highest BCUT2D eigenvalue weighted by molar-refractivity contribution is 7.92. The Hall–Kier alpha value is -2.82. The summed E-state index contributed by atoms with van der Waals surface area (Å²) < 4.78 is 38.7. The van der Waals surface area contributed by atoms with Crippen LogP contribution < -0.4 is 25.0 Å². The van der Waals surface area contributed by atoms with Gasteiger partial charge in [-0.3, -0.25) is 9.52 Å². The minimum Gasteiger partial charge on any atom is -0.494 e. The zero-order chi connectivity index (χ0) is 23.0. The van der Waals surface area contributed by atoms with E-state index in [9.17, 15) is 13.2 Å². The Balaban J connectivity index is 1.85. The molecule has 1 fully saturated rings. The molecule has 0 aliphatic carbocycles. The fourth-order valence-corrected chi connectivity index (χ4v) is 4.47. The van der Waals surface area contributed by atoms with Crippen molar-refractivity contribution in [3.63, 3.8) is 0 Å². The number of hydrogen-bond donors (Lipinski definition) is 3. The van der Waals surface area contributed by atoms with Gasteiger partial charge in [0.2, 0.25) is 0 Å². The summed E-state index contributed by atoms with van der Waals surface area (Å²) in [6.45, 7) is 6.26. The molecule has 1 amide bonds. The Bertz CT molecular complexity index is 1010. The van der Waals surface area contributed by atoms with E-state index in [1.54, 1.807) is 37.4 Å². The van der Waals surface area contributed by atoms with Gasteiger partial charge >= 0.3 is 0 Å². The first kappa shape index (κ1) is 23.8. The molecule has 9 nitrogen and oxygen atoms in total. The van der Waals surface area contributed by atoms with Gasteiger partial charge in [-0.2, -0.15) is 0 Å². The largest absolute Gasteiger partial charge is 0.494 e. The summed E-state index contributed by atoms with van der Waals surface area (Å²) in [6, 6.07) is 11.2. The van der Waals surface area contributed by atoms with Crippen LogP contribution in [0.25, 0.3) is 0 Å². The van der Waals surface area contributed by atoms with E-state index in [1.165, 1.54) is 12.1 Å². The summed E-state index contributed by atoms with van der Waals surface area (Å²) in [4.78, 5) is 15.1. The monoisotopic (exact) mass is 462 g/mol. The number of benzene rings is 2. The predicted molar refractivity (Wildman–Crippen MR) is 124 cm³/mol. The molecule has 174 valence electrons. The van der Waals surface area contributed by atoms with Crippen molar-refractivity contribution in [1.82, 2.24) is 10.6 Å². The maximum absolute atomic E-state index is 12.9. The maximum atomic E-state index is 12.9. The zero-order valence-electron chi connectivity index (χ0n) is 18.4. The molecular formula is C22H30N4O5S. The second kappa shape index (κ2) is 11.2. The number of anilines is 2. The average Bonchev–Trinajstić information content (AvgIpc) is 2.80. The zero-order valence-corrected chi connectivity index (χ0v) is 19.2. The minimum absolute atomic E-state index is 0.109. The molecule has 2 aromatic rings. The van der Waals surface area contributed by atoms with Crippen molar-refractivity contribution in [3.05, 3.63) is 48.0 Å². The van der Waals surface area contributed by atoms with Crippen LogP contribution in [0.5, 0.6) is 5.75 Å². The van der Waals surface area contributed by atoms with Crippen molar-refractivity contribution >= 4 is 27.3 Å². The molecule has 0 unspecified atom stereocenters. The van der Waals surface area contributed by atoms with E-state index in [-0.39, 0.29) is 10.8 Å². The van der Waals surface area contributed by atoms with Gasteiger partial charge in [0.15, 0.2) is 0 Å². The molecule has 1 saturated heterocycles. The topological polar surface area (TPSA) is 109 Å². The molecule has 0 spiro atoms. The average molecular weight is 463 g/mol. The summed E-state index contributed by atoms with van der Waals surface area (Å²) in [7, 11) is -2.26. The molecule has 0 bridgehead atoms. The van der Waals surface area contributed by atoms with Crippen LogP contribution in [-0.2, 0) is 14.8 Å². The lowest BCUT2D eigenvalue weighted by molar-refractivity contribution is 0.0937. The number of methoxy groups -OCH3 is 1. The fraction of sp³-hybridized carbons (Fsp3) is 0.409. The van der Waals surface area contributed by atoms with Crippen LogP contribution in [0.15, 0.2) is 47.4 Å². The van der Waals surface area contributed by atoms with Gasteiger partial charge in [-0.1, -0.05) is 0 Å². The van der Waals surface area contributed by atoms with Crippen LogP contribution in [0.3, 0.4) is 0 Å². The Kier molecular flexibility index (Phi) is 8.32. The molecule has 1 aliphatic rings. The third kappa shape index (κ3) is 6.12. The normalized spacial score (nSPS) is 14.1. The number of ether oxygens (including phenoxy) is 2. The molecule has 0 aromatic heterocycles. The van der Waals surface area contributed by atoms with Crippen LogP contribution in [-0.4, -0.2) is 67.4 Å². The van der Waals surface area contributed by atoms with Gasteiger partial charge in [-0.15, -0.1) is 0 Å². The first-order valence-electron chi connectivity index (χ1n) is 10.6. The van der Waals surface area contributed by atoms with Gasteiger partial charge in [0, 0.05) is 51.2 Å². The molecular weight excluding hydrogens is 432 g/mol. The van der Waals surface area contributed by atoms with Crippen LogP contribution in [0.1, 0.15) is 17.3 Å². The summed E-state index contributed by atoms with van der Waals surface area (Å²) in [6.07, 6.45) is 0. The van der Waals surface area contributed by atoms with Crippen LogP contribution in [0.2, 0.25) is 0 Å². The lowest BCUT2D eigenvalue weighted by Crippen LogP contribution is -2.44. The van der Waals surface area contributed by atoms with Crippen molar-refractivity contribution in [3.8, 4) is 5.75 Å². The summed E-state index contributed by atoms with van der Waals surface area (Å²) in [5.74, 6) is 0.319. The highest BCUT2D eigenvalue weighted by Crippen LogP contribution is 2.27. The van der Waals surface area contributed by atoms with Crippen LogP contribution >= 0.6 is 0 Å². The maximum Gasteiger partial charge on any atom is 0.261 e. The van der Waals surface area contributed by atoms with E-state index in [0.29, 0.717) is 36.8 Å². The van der Waals surface area contributed by atoms with E-state index < -0.39 is 10.0 Å². The number of hydrogen-bond acceptors (Lipinski definition) is 7. The molecule has 1 heterocycles. The second-order valence-corrected chi connectivity index (χ2v) is 8.91. The number of carbonyl (C=O) groups excluding carboxylic acids is 1. The van der Waals surface area contributed by atoms with E-state index in [0.717, 1.165) is 31.9 Å². The molecule has 0 radical (unpaired) electrons. The van der Waals surface area contributed by atoms with Gasteiger partial charge in [0.05, 0.1) is 23.7 Å². The number of rotatable bonds is 10. The summed E-state index contributed by atoms with van der Waals surface area (Å²) in [5.41, 5.74) is 1.50. The van der Waals surface area contributed by atoms with Crippen LogP contribution in [0, 0.1) is 0 Å². The molecule has 0 atom stereocenters. The smallest absolute Gasteiger partial charge is 0.261 e. The standard InChI is InChI=1S/C22H30N4O5S/c1-3-31-18-5-7-19(8-6-18)32(28,29)25-17-4-9-21(26-13-10-23-11-14-26)20(16-17)22(27)24-12-15-30-2/h4-9,16,23,25H,3,10-15H2,1-2H3,(H,24,27). The predicted octanol–water partition coefficient (Wildman–Crippen LogP) is 1.67. The SMILES string of the molecule is CCOc1ccc(S(=O)(=O)Nc2ccc(N3CCNCC3)c(C(=O)NCCOC)c2)cc1. The van der Waals surface area contributed by atoms with E-state index >= 15 is 0 Å². The highest BCUT2D eigenvalue weighted by Gasteiger charge is 2.21.